The van der Waals surface area contributed by atoms with Crippen LogP contribution in [0.4, 0.5) is 17.1 Å². The summed E-state index contributed by atoms with van der Waals surface area (Å²) in [4.78, 5) is 2.42. The fourth-order valence-corrected chi connectivity index (χ4v) is 8.81. The van der Waals surface area contributed by atoms with Crippen LogP contribution in [-0.4, -0.2) is 0 Å². The maximum absolute atomic E-state index is 6.60. The predicted molar refractivity (Wildman–Crippen MR) is 222 cm³/mol. The summed E-state index contributed by atoms with van der Waals surface area (Å²) in [5, 5.41) is 7.35. The zero-order chi connectivity index (χ0) is 35.1. The van der Waals surface area contributed by atoms with Crippen molar-refractivity contribution in [2.45, 2.75) is 52.4 Å². The molecule has 0 radical (unpaired) electrons. The molecule has 0 N–H and O–H groups in total. The maximum atomic E-state index is 6.60. The maximum Gasteiger partial charge on any atom is 0.137 e. The zero-order valence-electron chi connectivity index (χ0n) is 30.0. The molecule has 0 bridgehead atoms. The van der Waals surface area contributed by atoms with Crippen LogP contribution < -0.4 is 4.90 Å². The van der Waals surface area contributed by atoms with E-state index in [1.54, 1.807) is 0 Å². The number of furan rings is 1. The molecule has 0 saturated heterocycles. The summed E-state index contributed by atoms with van der Waals surface area (Å²) in [5.41, 5.74) is 10.3. The Labute approximate surface area is 303 Å². The molecule has 2 aromatic heterocycles. The quantitative estimate of drug-likeness (QED) is 0.184. The topological polar surface area (TPSA) is 16.4 Å². The molecule has 9 aromatic rings. The van der Waals surface area contributed by atoms with E-state index in [1.807, 2.05) is 11.3 Å². The molecule has 7 aromatic carbocycles. The second-order valence-corrected chi connectivity index (χ2v) is 16.9. The lowest BCUT2D eigenvalue weighted by atomic mass is 9.86. The fraction of sp³-hybridized carbons (Fsp3) is 0.167. The van der Waals surface area contributed by atoms with Gasteiger partial charge in [-0.1, -0.05) is 126 Å². The first-order valence-corrected chi connectivity index (χ1v) is 18.7. The van der Waals surface area contributed by atoms with Crippen LogP contribution in [0, 0.1) is 0 Å². The van der Waals surface area contributed by atoms with Gasteiger partial charge in [-0.25, -0.2) is 0 Å². The highest BCUT2D eigenvalue weighted by Crippen LogP contribution is 2.49. The number of benzene rings is 7. The predicted octanol–water partition coefficient (Wildman–Crippen LogP) is 14.8. The molecular weight excluding hydrogens is 639 g/mol. The molecule has 0 amide bonds. The lowest BCUT2D eigenvalue weighted by molar-refractivity contribution is 0.590. The highest BCUT2D eigenvalue weighted by Gasteiger charge is 2.24. The summed E-state index contributed by atoms with van der Waals surface area (Å²) in [6, 6.07) is 51.4. The van der Waals surface area contributed by atoms with Crippen LogP contribution in [0.1, 0.15) is 52.7 Å². The smallest absolute Gasteiger partial charge is 0.137 e. The summed E-state index contributed by atoms with van der Waals surface area (Å²) in [6.07, 6.45) is 0. The zero-order valence-corrected chi connectivity index (χ0v) is 30.9. The number of fused-ring (bicyclic) bond motifs is 7. The van der Waals surface area contributed by atoms with Gasteiger partial charge in [0, 0.05) is 59.5 Å². The van der Waals surface area contributed by atoms with Gasteiger partial charge in [0.15, 0.2) is 0 Å². The molecule has 3 heteroatoms. The van der Waals surface area contributed by atoms with Crippen molar-refractivity contribution in [2.24, 2.45) is 0 Å². The highest BCUT2D eigenvalue weighted by atomic mass is 32.1. The van der Waals surface area contributed by atoms with Gasteiger partial charge in [0.05, 0.1) is 5.69 Å². The van der Waals surface area contributed by atoms with E-state index < -0.39 is 0 Å². The third-order valence-corrected chi connectivity index (χ3v) is 11.6. The van der Waals surface area contributed by atoms with Crippen molar-refractivity contribution in [2.75, 3.05) is 4.90 Å². The average Bonchev–Trinajstić information content (AvgIpc) is 3.69. The second kappa shape index (κ2) is 11.6. The molecular formula is C48H41NOS. The van der Waals surface area contributed by atoms with Gasteiger partial charge in [-0.3, -0.25) is 0 Å². The first kappa shape index (κ1) is 31.6. The first-order chi connectivity index (χ1) is 24.5. The van der Waals surface area contributed by atoms with E-state index in [4.69, 9.17) is 4.42 Å². The molecule has 0 unspecified atom stereocenters. The average molecular weight is 680 g/mol. The second-order valence-electron chi connectivity index (χ2n) is 15.8. The molecule has 0 atom stereocenters. The van der Waals surface area contributed by atoms with Gasteiger partial charge < -0.3 is 9.32 Å². The van der Waals surface area contributed by atoms with Crippen molar-refractivity contribution in [1.82, 2.24) is 0 Å². The molecule has 0 fully saturated rings. The Morgan fingerprint density at radius 1 is 0.490 bits per heavy atom. The summed E-state index contributed by atoms with van der Waals surface area (Å²) < 4.78 is 9.21. The number of hydrogen-bond acceptors (Lipinski definition) is 3. The van der Waals surface area contributed by atoms with Crippen LogP contribution >= 0.6 is 11.3 Å². The van der Waals surface area contributed by atoms with E-state index in [0.29, 0.717) is 0 Å². The minimum Gasteiger partial charge on any atom is -0.456 e. The third-order valence-electron chi connectivity index (χ3n) is 10.4. The number of nitrogens with zero attached hydrogens (tertiary/aromatic N) is 1. The van der Waals surface area contributed by atoms with Crippen molar-refractivity contribution >= 4 is 81.3 Å². The van der Waals surface area contributed by atoms with Gasteiger partial charge in [-0.05, 0) is 81.3 Å². The first-order valence-electron chi connectivity index (χ1n) is 17.8. The molecule has 51 heavy (non-hydrogen) atoms. The molecule has 0 saturated carbocycles. The molecule has 0 aliphatic carbocycles. The van der Waals surface area contributed by atoms with Crippen molar-refractivity contribution < 1.29 is 4.42 Å². The van der Waals surface area contributed by atoms with Gasteiger partial charge in [-0.2, -0.15) is 0 Å². The number of hydrogen-bond donors (Lipinski definition) is 0. The molecule has 250 valence electrons. The van der Waals surface area contributed by atoms with E-state index in [2.05, 4.69) is 186 Å². The van der Waals surface area contributed by atoms with E-state index in [9.17, 15) is 0 Å². The van der Waals surface area contributed by atoms with Crippen LogP contribution in [0.2, 0.25) is 0 Å². The summed E-state index contributed by atoms with van der Waals surface area (Å²) >= 11 is 1.88. The minimum atomic E-state index is 0.0490. The van der Waals surface area contributed by atoms with Crippen molar-refractivity contribution in [1.29, 1.82) is 0 Å². The highest BCUT2D eigenvalue weighted by molar-refractivity contribution is 7.26. The number of rotatable bonds is 4. The Bertz CT molecular complexity index is 2770. The Morgan fingerprint density at radius 2 is 1.18 bits per heavy atom. The largest absolute Gasteiger partial charge is 0.456 e. The lowest BCUT2D eigenvalue weighted by Gasteiger charge is -2.29. The van der Waals surface area contributed by atoms with Gasteiger partial charge in [0.2, 0.25) is 0 Å². The van der Waals surface area contributed by atoms with Crippen LogP contribution in [0.25, 0.3) is 64.0 Å². The van der Waals surface area contributed by atoms with Crippen molar-refractivity contribution in [3.8, 4) is 11.1 Å². The molecule has 9 rings (SSSR count). The monoisotopic (exact) mass is 679 g/mol. The van der Waals surface area contributed by atoms with E-state index in [-0.39, 0.29) is 10.8 Å². The Balaban J connectivity index is 1.33. The van der Waals surface area contributed by atoms with Gasteiger partial charge in [-0.15, -0.1) is 11.3 Å². The van der Waals surface area contributed by atoms with Crippen LogP contribution in [0.3, 0.4) is 0 Å². The van der Waals surface area contributed by atoms with Gasteiger partial charge in [0.1, 0.15) is 11.2 Å². The van der Waals surface area contributed by atoms with Crippen molar-refractivity contribution in [3.05, 3.63) is 151 Å². The SMILES string of the molecule is CC(C)(C)c1ccc(N(c2ccc3c(c2)oc2ccc(C(C)(C)C)cc23)c2ccc3ccccc3c2-c2cccc3c2sc2ccccc23)cc1. The molecule has 2 heterocycles. The summed E-state index contributed by atoms with van der Waals surface area (Å²) in [6.45, 7) is 13.6. The fourth-order valence-electron chi connectivity index (χ4n) is 7.58. The Kier molecular flexibility index (Phi) is 7.17. The summed E-state index contributed by atoms with van der Waals surface area (Å²) in [5.74, 6) is 0. The molecule has 2 nitrogen and oxygen atoms in total. The Morgan fingerprint density at radius 3 is 1.96 bits per heavy atom. The normalized spacial score (nSPS) is 12.5. The van der Waals surface area contributed by atoms with Crippen molar-refractivity contribution in [3.63, 3.8) is 0 Å². The van der Waals surface area contributed by atoms with Gasteiger partial charge in [0.25, 0.3) is 0 Å². The molecule has 0 aliphatic heterocycles. The van der Waals surface area contributed by atoms with Gasteiger partial charge >= 0.3 is 0 Å². The number of anilines is 3. The molecule has 0 aliphatic rings. The molecule has 0 spiro atoms. The van der Waals surface area contributed by atoms with E-state index >= 15 is 0 Å². The van der Waals surface area contributed by atoms with E-state index in [0.717, 1.165) is 39.0 Å². The number of thiophene rings is 1. The Hall–Kier alpha value is -5.38. The van der Waals surface area contributed by atoms with Crippen LogP contribution in [0.15, 0.2) is 144 Å². The minimum absolute atomic E-state index is 0.0490. The third kappa shape index (κ3) is 5.30. The lowest BCUT2D eigenvalue weighted by Crippen LogP contribution is -2.14. The van der Waals surface area contributed by atoms with Crippen LogP contribution in [-0.2, 0) is 10.8 Å². The van der Waals surface area contributed by atoms with E-state index in [1.165, 1.54) is 53.2 Å². The van der Waals surface area contributed by atoms with Crippen LogP contribution in [0.5, 0.6) is 0 Å². The standard InChI is InChI=1S/C48H41NOS/c1-47(2,3)31-19-22-33(23-20-31)49(34-24-25-36-40-28-32(48(4,5)6)21-27-42(40)50-43(36)29-34)41-26-18-30-12-7-8-13-35(30)45(41)39-16-11-15-38-37-14-9-10-17-44(37)51-46(38)39/h7-29H,1-6H3. The summed E-state index contributed by atoms with van der Waals surface area (Å²) in [7, 11) is 0.